The van der Waals surface area contributed by atoms with Crippen molar-refractivity contribution in [2.24, 2.45) is 0 Å². The molecule has 0 saturated heterocycles. The molecule has 5 nitrogen and oxygen atoms in total. The number of thioether (sulfide) groups is 1. The van der Waals surface area contributed by atoms with Crippen LogP contribution in [0.2, 0.25) is 0 Å². The van der Waals surface area contributed by atoms with Gasteiger partial charge >= 0.3 is 0 Å². The first-order valence-corrected chi connectivity index (χ1v) is 8.00. The fraction of sp³-hybridized carbons (Fsp3) is 0.312. The number of nitrogens with one attached hydrogen (secondary N) is 2. The van der Waals surface area contributed by atoms with Crippen LogP contribution in [0.5, 0.6) is 0 Å². The maximum absolute atomic E-state index is 12.4. The zero-order valence-corrected chi connectivity index (χ0v) is 13.7. The van der Waals surface area contributed by atoms with Gasteiger partial charge in [-0.2, -0.15) is 0 Å². The molecule has 6 heteroatoms. The molecule has 2 rings (SSSR count). The maximum atomic E-state index is 12.4. The van der Waals surface area contributed by atoms with Gasteiger partial charge in [0.05, 0.1) is 5.25 Å². The molecule has 0 aliphatic carbocycles. The minimum atomic E-state index is -0.366. The Hall–Kier alpha value is -2.08. The van der Waals surface area contributed by atoms with Crippen molar-refractivity contribution in [1.29, 1.82) is 0 Å². The van der Waals surface area contributed by atoms with Crippen LogP contribution in [-0.2, 0) is 11.2 Å². The summed E-state index contributed by atoms with van der Waals surface area (Å²) in [6.45, 7) is 5.82. The monoisotopic (exact) mass is 317 g/mol. The normalized spacial score (nSPS) is 12.0. The van der Waals surface area contributed by atoms with Crippen LogP contribution in [0, 0.1) is 6.92 Å². The number of rotatable bonds is 5. The molecule has 1 heterocycles. The van der Waals surface area contributed by atoms with Crippen LogP contribution in [-0.4, -0.2) is 21.1 Å². The molecule has 2 N–H and O–H groups in total. The van der Waals surface area contributed by atoms with Gasteiger partial charge in [0.1, 0.15) is 0 Å². The zero-order chi connectivity index (χ0) is 16.1. The first-order valence-electron chi connectivity index (χ1n) is 7.12. The van der Waals surface area contributed by atoms with Crippen LogP contribution in [0.3, 0.4) is 0 Å². The molecule has 0 aliphatic rings. The van der Waals surface area contributed by atoms with Crippen molar-refractivity contribution >= 4 is 23.4 Å². The van der Waals surface area contributed by atoms with Crippen LogP contribution >= 0.6 is 11.8 Å². The highest BCUT2D eigenvalue weighted by atomic mass is 32.2. The molecular formula is C16H19N3O2S. The van der Waals surface area contributed by atoms with Gasteiger partial charge in [0, 0.05) is 18.0 Å². The minimum Gasteiger partial charge on any atom is -0.325 e. The van der Waals surface area contributed by atoms with Crippen LogP contribution in [0.1, 0.15) is 25.0 Å². The Labute approximate surface area is 133 Å². The highest BCUT2D eigenvalue weighted by molar-refractivity contribution is 8.00. The topological polar surface area (TPSA) is 74.8 Å². The van der Waals surface area contributed by atoms with Crippen LogP contribution < -0.4 is 10.9 Å². The smallest absolute Gasteiger partial charge is 0.251 e. The molecule has 0 saturated carbocycles. The molecular weight excluding hydrogens is 298 g/mol. The number of carbonyl (C=O) groups is 1. The standard InChI is InChI=1S/C16H19N3O2S/c1-4-12-7-5-6-10(2)14(12)19-15(21)11(3)22-16-17-9-8-13(20)18-16/h5-9,11H,4H2,1-3H3,(H,19,21)(H,17,18,20)/t11-/m1/s1. The number of amides is 1. The van der Waals surface area contributed by atoms with Crippen LogP contribution in [0.15, 0.2) is 40.4 Å². The first-order chi connectivity index (χ1) is 10.5. The summed E-state index contributed by atoms with van der Waals surface area (Å²) in [6, 6.07) is 7.32. The Bertz CT molecular complexity index is 727. The average molecular weight is 317 g/mol. The Balaban J connectivity index is 2.10. The summed E-state index contributed by atoms with van der Waals surface area (Å²) in [5, 5.41) is 3.06. The van der Waals surface area contributed by atoms with E-state index in [-0.39, 0.29) is 16.7 Å². The summed E-state index contributed by atoms with van der Waals surface area (Å²) in [4.78, 5) is 30.3. The van der Waals surface area contributed by atoms with Crippen LogP contribution in [0.4, 0.5) is 5.69 Å². The van der Waals surface area contributed by atoms with E-state index < -0.39 is 0 Å². The second-order valence-electron chi connectivity index (χ2n) is 4.95. The van der Waals surface area contributed by atoms with Gasteiger partial charge in [0.2, 0.25) is 5.91 Å². The summed E-state index contributed by atoms with van der Waals surface area (Å²) in [5.41, 5.74) is 2.79. The number of benzene rings is 1. The molecule has 1 amide bonds. The van der Waals surface area contributed by atoms with Gasteiger partial charge in [0.15, 0.2) is 5.16 Å². The van der Waals surface area contributed by atoms with E-state index in [1.807, 2.05) is 25.1 Å². The molecule has 2 aromatic rings. The molecule has 1 aromatic heterocycles. The van der Waals surface area contributed by atoms with Crippen molar-refractivity contribution in [2.75, 3.05) is 5.32 Å². The van der Waals surface area contributed by atoms with Crippen molar-refractivity contribution in [3.8, 4) is 0 Å². The molecule has 0 fully saturated rings. The average Bonchev–Trinajstić information content (AvgIpc) is 2.49. The SMILES string of the molecule is CCc1cccc(C)c1NC(=O)[C@@H](C)Sc1nccc(=O)[nH]1. The van der Waals surface area contributed by atoms with Gasteiger partial charge in [-0.15, -0.1) is 0 Å². The fourth-order valence-corrected chi connectivity index (χ4v) is 2.84. The van der Waals surface area contributed by atoms with E-state index >= 15 is 0 Å². The third-order valence-corrected chi connectivity index (χ3v) is 4.29. The van der Waals surface area contributed by atoms with Crippen molar-refractivity contribution in [2.45, 2.75) is 37.6 Å². The summed E-state index contributed by atoms with van der Waals surface area (Å²) < 4.78 is 0. The van der Waals surface area contributed by atoms with E-state index in [2.05, 4.69) is 22.2 Å². The molecule has 1 aromatic carbocycles. The highest BCUT2D eigenvalue weighted by Crippen LogP contribution is 2.24. The quantitative estimate of drug-likeness (QED) is 0.657. The zero-order valence-electron chi connectivity index (χ0n) is 12.8. The summed E-state index contributed by atoms with van der Waals surface area (Å²) in [6.07, 6.45) is 2.29. The number of aromatic amines is 1. The second-order valence-corrected chi connectivity index (χ2v) is 6.28. The van der Waals surface area contributed by atoms with Crippen molar-refractivity contribution < 1.29 is 4.79 Å². The molecule has 0 bridgehead atoms. The molecule has 0 aliphatic heterocycles. The Kier molecular flexibility index (Phi) is 5.38. The first kappa shape index (κ1) is 16.3. The van der Waals surface area contributed by atoms with E-state index in [1.165, 1.54) is 24.0 Å². The summed E-state index contributed by atoms with van der Waals surface area (Å²) >= 11 is 1.23. The lowest BCUT2D eigenvalue weighted by Gasteiger charge is -2.15. The maximum Gasteiger partial charge on any atom is 0.251 e. The third-order valence-electron chi connectivity index (χ3n) is 3.29. The number of aromatic nitrogens is 2. The van der Waals surface area contributed by atoms with Gasteiger partial charge < -0.3 is 10.3 Å². The highest BCUT2D eigenvalue weighted by Gasteiger charge is 2.17. The third kappa shape index (κ3) is 3.98. The Morgan fingerprint density at radius 3 is 2.86 bits per heavy atom. The van der Waals surface area contributed by atoms with Crippen molar-refractivity contribution in [3.05, 3.63) is 51.9 Å². The van der Waals surface area contributed by atoms with E-state index in [1.54, 1.807) is 6.92 Å². The number of H-pyrrole nitrogens is 1. The number of nitrogens with zero attached hydrogens (tertiary/aromatic N) is 1. The lowest BCUT2D eigenvalue weighted by atomic mass is 10.1. The van der Waals surface area contributed by atoms with Gasteiger partial charge in [-0.3, -0.25) is 9.59 Å². The van der Waals surface area contributed by atoms with Gasteiger partial charge in [0.25, 0.3) is 5.56 Å². The largest absolute Gasteiger partial charge is 0.325 e. The van der Waals surface area contributed by atoms with E-state index in [0.29, 0.717) is 5.16 Å². The number of hydrogen-bond acceptors (Lipinski definition) is 4. The molecule has 0 spiro atoms. The Morgan fingerprint density at radius 1 is 1.41 bits per heavy atom. The predicted molar refractivity (Wildman–Crippen MR) is 89.4 cm³/mol. The summed E-state index contributed by atoms with van der Waals surface area (Å²) in [7, 11) is 0. The van der Waals surface area contributed by atoms with Crippen molar-refractivity contribution in [1.82, 2.24) is 9.97 Å². The number of aryl methyl sites for hydroxylation is 2. The minimum absolute atomic E-state index is 0.111. The van der Waals surface area contributed by atoms with Crippen molar-refractivity contribution in [3.63, 3.8) is 0 Å². The summed E-state index contributed by atoms with van der Waals surface area (Å²) in [5.74, 6) is -0.111. The molecule has 0 radical (unpaired) electrons. The fourth-order valence-electron chi connectivity index (χ4n) is 2.06. The number of carbonyl (C=O) groups excluding carboxylic acids is 1. The lowest BCUT2D eigenvalue weighted by molar-refractivity contribution is -0.115. The van der Waals surface area contributed by atoms with E-state index in [4.69, 9.17) is 0 Å². The second kappa shape index (κ2) is 7.26. The number of para-hydroxylation sites is 1. The molecule has 22 heavy (non-hydrogen) atoms. The number of anilines is 1. The van der Waals surface area contributed by atoms with Crippen LogP contribution in [0.25, 0.3) is 0 Å². The molecule has 1 atom stereocenters. The lowest BCUT2D eigenvalue weighted by Crippen LogP contribution is -2.24. The molecule has 0 unspecified atom stereocenters. The van der Waals surface area contributed by atoms with Gasteiger partial charge in [-0.25, -0.2) is 4.98 Å². The number of hydrogen-bond donors (Lipinski definition) is 2. The Morgan fingerprint density at radius 2 is 2.18 bits per heavy atom. The molecule has 116 valence electrons. The van der Waals surface area contributed by atoms with Gasteiger partial charge in [-0.1, -0.05) is 36.9 Å². The van der Waals surface area contributed by atoms with E-state index in [9.17, 15) is 9.59 Å². The van der Waals surface area contributed by atoms with E-state index in [0.717, 1.165) is 23.2 Å². The van der Waals surface area contributed by atoms with Gasteiger partial charge in [-0.05, 0) is 31.4 Å². The predicted octanol–water partition coefficient (Wildman–Crippen LogP) is 2.76.